The first kappa shape index (κ1) is 15.7. The lowest BCUT2D eigenvalue weighted by Gasteiger charge is -2.23. The highest BCUT2D eigenvalue weighted by molar-refractivity contribution is 5.90. The van der Waals surface area contributed by atoms with E-state index in [4.69, 9.17) is 4.74 Å². The molecule has 1 aromatic carbocycles. The van der Waals surface area contributed by atoms with Crippen LogP contribution in [0, 0.1) is 6.92 Å². The van der Waals surface area contributed by atoms with E-state index >= 15 is 0 Å². The fraction of sp³-hybridized carbons (Fsp3) is 0.412. The van der Waals surface area contributed by atoms with E-state index < -0.39 is 0 Å². The summed E-state index contributed by atoms with van der Waals surface area (Å²) in [5.74, 6) is 0.704. The van der Waals surface area contributed by atoms with Gasteiger partial charge in [-0.2, -0.15) is 5.10 Å². The maximum Gasteiger partial charge on any atom is 0.227 e. The monoisotopic (exact) mass is 314 g/mol. The smallest absolute Gasteiger partial charge is 0.227 e. The van der Waals surface area contributed by atoms with Gasteiger partial charge in [-0.3, -0.25) is 4.79 Å². The molecule has 6 heteroatoms. The summed E-state index contributed by atoms with van der Waals surface area (Å²) < 4.78 is 7.21. The van der Waals surface area contributed by atoms with Crippen LogP contribution in [0.15, 0.2) is 36.4 Å². The Morgan fingerprint density at radius 2 is 2.26 bits per heavy atom. The van der Waals surface area contributed by atoms with E-state index in [0.717, 1.165) is 23.6 Å². The Kier molecular flexibility index (Phi) is 5.05. The predicted molar refractivity (Wildman–Crippen MR) is 88.4 cm³/mol. The number of amides is 1. The fourth-order valence-electron chi connectivity index (χ4n) is 2.69. The van der Waals surface area contributed by atoms with Crippen LogP contribution < -0.4 is 10.6 Å². The minimum absolute atomic E-state index is 0.0257. The summed E-state index contributed by atoms with van der Waals surface area (Å²) in [5.41, 5.74) is 2.03. The van der Waals surface area contributed by atoms with Gasteiger partial charge in [-0.25, -0.2) is 4.68 Å². The second-order valence-electron chi connectivity index (χ2n) is 5.79. The van der Waals surface area contributed by atoms with Crippen molar-refractivity contribution < 1.29 is 9.53 Å². The first-order chi connectivity index (χ1) is 11.2. The van der Waals surface area contributed by atoms with Crippen LogP contribution in [0.2, 0.25) is 0 Å². The minimum Gasteiger partial charge on any atom is -0.378 e. The van der Waals surface area contributed by atoms with Gasteiger partial charge in [0.2, 0.25) is 5.91 Å². The summed E-state index contributed by atoms with van der Waals surface area (Å²) in [4.78, 5) is 12.2. The quantitative estimate of drug-likeness (QED) is 0.879. The Morgan fingerprint density at radius 1 is 1.43 bits per heavy atom. The van der Waals surface area contributed by atoms with Gasteiger partial charge in [0.05, 0.1) is 25.5 Å². The molecular formula is C17H22N4O2. The van der Waals surface area contributed by atoms with Crippen molar-refractivity contribution in [1.82, 2.24) is 15.1 Å². The molecule has 1 atom stereocenters. The van der Waals surface area contributed by atoms with Crippen LogP contribution in [-0.2, 0) is 16.1 Å². The lowest BCUT2D eigenvalue weighted by Crippen LogP contribution is -2.43. The van der Waals surface area contributed by atoms with Crippen molar-refractivity contribution in [2.45, 2.75) is 25.9 Å². The molecule has 1 aromatic heterocycles. The van der Waals surface area contributed by atoms with E-state index in [9.17, 15) is 4.79 Å². The van der Waals surface area contributed by atoms with Crippen LogP contribution in [0.4, 0.5) is 5.82 Å². The fourth-order valence-corrected chi connectivity index (χ4v) is 2.69. The topological polar surface area (TPSA) is 68.2 Å². The normalized spacial score (nSPS) is 17.9. The molecule has 2 heterocycles. The summed E-state index contributed by atoms with van der Waals surface area (Å²) in [6.45, 7) is 4.64. The molecule has 1 aliphatic heterocycles. The average molecular weight is 314 g/mol. The number of hydrogen-bond acceptors (Lipinski definition) is 4. The molecule has 0 saturated carbocycles. The van der Waals surface area contributed by atoms with Gasteiger partial charge in [-0.1, -0.05) is 30.3 Å². The molecule has 1 saturated heterocycles. The van der Waals surface area contributed by atoms with Crippen LogP contribution in [0.1, 0.15) is 17.7 Å². The Balaban J connectivity index is 1.64. The molecule has 1 fully saturated rings. The van der Waals surface area contributed by atoms with E-state index in [2.05, 4.69) is 15.7 Å². The number of benzene rings is 1. The van der Waals surface area contributed by atoms with Gasteiger partial charge in [0, 0.05) is 25.1 Å². The third-order valence-corrected chi connectivity index (χ3v) is 3.78. The molecule has 0 aliphatic carbocycles. The van der Waals surface area contributed by atoms with Gasteiger partial charge in [0.1, 0.15) is 5.82 Å². The number of hydrogen-bond donors (Lipinski definition) is 2. The van der Waals surface area contributed by atoms with E-state index in [0.29, 0.717) is 26.2 Å². The first-order valence-electron chi connectivity index (χ1n) is 7.90. The lowest BCUT2D eigenvalue weighted by atomic mass is 10.2. The van der Waals surface area contributed by atoms with Crippen molar-refractivity contribution in [3.63, 3.8) is 0 Å². The molecule has 0 radical (unpaired) electrons. The molecule has 0 spiro atoms. The summed E-state index contributed by atoms with van der Waals surface area (Å²) in [6, 6.07) is 12.1. The number of nitrogens with zero attached hydrogens (tertiary/aromatic N) is 2. The zero-order chi connectivity index (χ0) is 16.1. The highest BCUT2D eigenvalue weighted by atomic mass is 16.5. The summed E-state index contributed by atoms with van der Waals surface area (Å²) in [5, 5.41) is 10.7. The maximum absolute atomic E-state index is 12.2. The number of rotatable bonds is 5. The van der Waals surface area contributed by atoms with Crippen molar-refractivity contribution in [3.05, 3.63) is 47.7 Å². The highest BCUT2D eigenvalue weighted by Crippen LogP contribution is 2.14. The Bertz CT molecular complexity index is 648. The second kappa shape index (κ2) is 7.39. The molecule has 6 nitrogen and oxygen atoms in total. The molecule has 1 aliphatic rings. The zero-order valence-electron chi connectivity index (χ0n) is 13.3. The van der Waals surface area contributed by atoms with E-state index in [1.807, 2.05) is 48.0 Å². The Hall–Kier alpha value is -2.18. The molecule has 2 aromatic rings. The highest BCUT2D eigenvalue weighted by Gasteiger charge is 2.18. The Morgan fingerprint density at radius 3 is 3.00 bits per heavy atom. The number of anilines is 1. The summed E-state index contributed by atoms with van der Waals surface area (Å²) in [6.07, 6.45) is 0.398. The minimum atomic E-state index is -0.0257. The van der Waals surface area contributed by atoms with E-state index in [-0.39, 0.29) is 11.9 Å². The van der Waals surface area contributed by atoms with Crippen LogP contribution >= 0.6 is 0 Å². The standard InChI is InChI=1S/C17H22N4O2/c1-13-9-16(19-17(22)10-15-12-23-8-7-18-15)21(20-13)11-14-5-3-2-4-6-14/h2-6,9,15,18H,7-8,10-12H2,1H3,(H,19,22). The molecule has 1 unspecified atom stereocenters. The van der Waals surface area contributed by atoms with Gasteiger partial charge in [-0.05, 0) is 12.5 Å². The summed E-state index contributed by atoms with van der Waals surface area (Å²) in [7, 11) is 0. The number of aromatic nitrogens is 2. The van der Waals surface area contributed by atoms with Crippen LogP contribution in [0.5, 0.6) is 0 Å². The van der Waals surface area contributed by atoms with Crippen LogP contribution in [0.25, 0.3) is 0 Å². The van der Waals surface area contributed by atoms with Crippen LogP contribution in [-0.4, -0.2) is 41.5 Å². The third kappa shape index (κ3) is 4.40. The number of carbonyl (C=O) groups excluding carboxylic acids is 1. The van der Waals surface area contributed by atoms with Crippen molar-refractivity contribution in [2.75, 3.05) is 25.1 Å². The predicted octanol–water partition coefficient (Wildman–Crippen LogP) is 1.56. The van der Waals surface area contributed by atoms with Crippen LogP contribution in [0.3, 0.4) is 0 Å². The van der Waals surface area contributed by atoms with Crippen molar-refractivity contribution in [1.29, 1.82) is 0 Å². The molecule has 23 heavy (non-hydrogen) atoms. The number of morpholine rings is 1. The zero-order valence-corrected chi connectivity index (χ0v) is 13.3. The third-order valence-electron chi connectivity index (χ3n) is 3.78. The van der Waals surface area contributed by atoms with E-state index in [1.54, 1.807) is 0 Å². The number of ether oxygens (including phenoxy) is 1. The summed E-state index contributed by atoms with van der Waals surface area (Å²) >= 11 is 0. The molecular weight excluding hydrogens is 292 g/mol. The van der Waals surface area contributed by atoms with Gasteiger partial charge in [0.25, 0.3) is 0 Å². The molecule has 2 N–H and O–H groups in total. The largest absolute Gasteiger partial charge is 0.378 e. The molecule has 1 amide bonds. The maximum atomic E-state index is 12.2. The SMILES string of the molecule is Cc1cc(NC(=O)CC2COCCN2)n(Cc2ccccc2)n1. The van der Waals surface area contributed by atoms with Crippen molar-refractivity contribution in [2.24, 2.45) is 0 Å². The average Bonchev–Trinajstić information content (AvgIpc) is 2.88. The first-order valence-corrected chi connectivity index (χ1v) is 7.90. The number of aryl methyl sites for hydroxylation is 1. The number of carbonyl (C=O) groups is 1. The molecule has 3 rings (SSSR count). The van der Waals surface area contributed by atoms with Gasteiger partial charge in [-0.15, -0.1) is 0 Å². The van der Waals surface area contributed by atoms with Gasteiger partial charge >= 0.3 is 0 Å². The van der Waals surface area contributed by atoms with Gasteiger partial charge < -0.3 is 15.4 Å². The Labute approximate surface area is 135 Å². The lowest BCUT2D eigenvalue weighted by molar-refractivity contribution is -0.117. The van der Waals surface area contributed by atoms with E-state index in [1.165, 1.54) is 0 Å². The number of nitrogens with one attached hydrogen (secondary N) is 2. The molecule has 0 bridgehead atoms. The van der Waals surface area contributed by atoms with Gasteiger partial charge in [0.15, 0.2) is 0 Å². The van der Waals surface area contributed by atoms with Crippen molar-refractivity contribution >= 4 is 11.7 Å². The molecule has 122 valence electrons. The van der Waals surface area contributed by atoms with Crippen molar-refractivity contribution in [3.8, 4) is 0 Å². The second-order valence-corrected chi connectivity index (χ2v) is 5.79.